The van der Waals surface area contributed by atoms with Gasteiger partial charge in [-0.2, -0.15) is 0 Å². The molecule has 0 fully saturated rings. The van der Waals surface area contributed by atoms with E-state index in [0.29, 0.717) is 29.3 Å². The van der Waals surface area contributed by atoms with E-state index in [4.69, 9.17) is 4.74 Å². The van der Waals surface area contributed by atoms with Gasteiger partial charge in [-0.15, -0.1) is 0 Å². The summed E-state index contributed by atoms with van der Waals surface area (Å²) in [6.45, 7) is 3.44. The van der Waals surface area contributed by atoms with E-state index in [9.17, 15) is 9.18 Å². The summed E-state index contributed by atoms with van der Waals surface area (Å²) in [6.07, 6.45) is 1.92. The van der Waals surface area contributed by atoms with Gasteiger partial charge in [0.15, 0.2) is 0 Å². The van der Waals surface area contributed by atoms with Crippen molar-refractivity contribution >= 4 is 11.6 Å². The monoisotopic (exact) mass is 274 g/mol. The number of amides is 1. The Morgan fingerprint density at radius 2 is 2.15 bits per heavy atom. The number of pyridine rings is 1. The van der Waals surface area contributed by atoms with Crippen LogP contribution in [0.4, 0.5) is 10.1 Å². The Morgan fingerprint density at radius 1 is 1.35 bits per heavy atom. The van der Waals surface area contributed by atoms with Gasteiger partial charge in [-0.1, -0.05) is 6.92 Å². The van der Waals surface area contributed by atoms with Crippen molar-refractivity contribution in [3.63, 3.8) is 0 Å². The van der Waals surface area contributed by atoms with Crippen molar-refractivity contribution in [2.45, 2.75) is 20.3 Å². The first-order valence-corrected chi connectivity index (χ1v) is 6.28. The average molecular weight is 274 g/mol. The molecule has 0 saturated carbocycles. The van der Waals surface area contributed by atoms with Crippen molar-refractivity contribution in [1.29, 1.82) is 0 Å². The van der Waals surface area contributed by atoms with Gasteiger partial charge in [-0.25, -0.2) is 9.37 Å². The number of rotatable bonds is 4. The summed E-state index contributed by atoms with van der Waals surface area (Å²) >= 11 is 0. The van der Waals surface area contributed by atoms with E-state index in [2.05, 4.69) is 10.3 Å². The zero-order valence-electron chi connectivity index (χ0n) is 11.3. The third-order valence-electron chi connectivity index (χ3n) is 2.69. The summed E-state index contributed by atoms with van der Waals surface area (Å²) in [5.41, 5.74) is 1.12. The van der Waals surface area contributed by atoms with Crippen LogP contribution in [0.15, 0.2) is 36.5 Å². The number of halogens is 1. The molecule has 0 spiro atoms. The number of aryl methyl sites for hydroxylation is 1. The Balaban J connectivity index is 2.06. The fraction of sp³-hybridized carbons (Fsp3) is 0.200. The van der Waals surface area contributed by atoms with Crippen LogP contribution in [-0.4, -0.2) is 10.9 Å². The van der Waals surface area contributed by atoms with E-state index in [1.165, 1.54) is 18.3 Å². The summed E-state index contributed by atoms with van der Waals surface area (Å²) in [5, 5.41) is 2.69. The Kier molecular flexibility index (Phi) is 4.30. The molecule has 0 radical (unpaired) electrons. The molecule has 0 aliphatic rings. The molecular weight excluding hydrogens is 259 g/mol. The quantitative estimate of drug-likeness (QED) is 0.925. The van der Waals surface area contributed by atoms with Crippen LogP contribution in [0.2, 0.25) is 0 Å². The predicted molar refractivity (Wildman–Crippen MR) is 74.4 cm³/mol. The highest BCUT2D eigenvalue weighted by atomic mass is 19.1. The molecule has 1 amide bonds. The molecule has 0 aliphatic heterocycles. The van der Waals surface area contributed by atoms with Gasteiger partial charge in [-0.3, -0.25) is 4.79 Å². The molecule has 0 unspecified atom stereocenters. The first-order chi connectivity index (χ1) is 9.58. The zero-order chi connectivity index (χ0) is 14.5. The minimum Gasteiger partial charge on any atom is -0.439 e. The average Bonchev–Trinajstić information content (AvgIpc) is 2.45. The summed E-state index contributed by atoms with van der Waals surface area (Å²) in [6, 6.07) is 7.83. The topological polar surface area (TPSA) is 51.2 Å². The highest BCUT2D eigenvalue weighted by Crippen LogP contribution is 2.22. The van der Waals surface area contributed by atoms with E-state index in [1.54, 1.807) is 32.0 Å². The molecule has 1 heterocycles. The van der Waals surface area contributed by atoms with Crippen molar-refractivity contribution in [3.05, 3.63) is 47.9 Å². The first-order valence-electron chi connectivity index (χ1n) is 6.28. The van der Waals surface area contributed by atoms with Crippen molar-refractivity contribution in [1.82, 2.24) is 4.98 Å². The van der Waals surface area contributed by atoms with Gasteiger partial charge in [0, 0.05) is 12.5 Å². The maximum Gasteiger partial charge on any atom is 0.224 e. The molecule has 1 aromatic heterocycles. The van der Waals surface area contributed by atoms with Crippen LogP contribution in [0.1, 0.15) is 18.9 Å². The number of aromatic nitrogens is 1. The van der Waals surface area contributed by atoms with Crippen molar-refractivity contribution in [2.24, 2.45) is 0 Å². The Hall–Kier alpha value is -2.43. The molecular formula is C15H15FN2O2. The number of hydrogen-bond donors (Lipinski definition) is 1. The molecule has 104 valence electrons. The molecule has 20 heavy (non-hydrogen) atoms. The van der Waals surface area contributed by atoms with Gasteiger partial charge in [0.25, 0.3) is 0 Å². The van der Waals surface area contributed by atoms with Crippen LogP contribution in [0.5, 0.6) is 11.6 Å². The first kappa shape index (κ1) is 14.0. The third-order valence-corrected chi connectivity index (χ3v) is 2.69. The zero-order valence-corrected chi connectivity index (χ0v) is 11.3. The lowest BCUT2D eigenvalue weighted by molar-refractivity contribution is -0.115. The molecule has 0 atom stereocenters. The predicted octanol–water partition coefficient (Wildman–Crippen LogP) is 3.67. The summed E-state index contributed by atoms with van der Waals surface area (Å²) < 4.78 is 18.6. The van der Waals surface area contributed by atoms with Crippen LogP contribution in [0.25, 0.3) is 0 Å². The fourth-order valence-corrected chi connectivity index (χ4v) is 1.57. The van der Waals surface area contributed by atoms with Gasteiger partial charge in [-0.05, 0) is 36.8 Å². The van der Waals surface area contributed by atoms with Gasteiger partial charge in [0.05, 0.1) is 11.9 Å². The second kappa shape index (κ2) is 6.14. The third kappa shape index (κ3) is 3.54. The number of ether oxygens (including phenoxy) is 1. The normalized spacial score (nSPS) is 10.2. The van der Waals surface area contributed by atoms with Crippen LogP contribution in [-0.2, 0) is 4.79 Å². The van der Waals surface area contributed by atoms with Crippen molar-refractivity contribution in [2.75, 3.05) is 5.32 Å². The van der Waals surface area contributed by atoms with Crippen LogP contribution in [0, 0.1) is 12.7 Å². The lowest BCUT2D eigenvalue weighted by atomic mass is 10.2. The van der Waals surface area contributed by atoms with Gasteiger partial charge in [0.2, 0.25) is 11.8 Å². The Labute approximate surface area is 116 Å². The van der Waals surface area contributed by atoms with Gasteiger partial charge in [0.1, 0.15) is 11.6 Å². The number of benzene rings is 1. The smallest absolute Gasteiger partial charge is 0.224 e. The lowest BCUT2D eigenvalue weighted by Gasteiger charge is -2.07. The number of nitrogens with one attached hydrogen (secondary N) is 1. The number of anilines is 1. The maximum absolute atomic E-state index is 13.1. The minimum absolute atomic E-state index is 0.0744. The summed E-state index contributed by atoms with van der Waals surface area (Å²) in [5.74, 6) is 0.546. The molecule has 0 saturated heterocycles. The lowest BCUT2D eigenvalue weighted by Crippen LogP contribution is -2.09. The molecule has 1 N–H and O–H groups in total. The summed E-state index contributed by atoms with van der Waals surface area (Å²) in [4.78, 5) is 15.3. The SMILES string of the molecule is CCC(=O)Nc1ccc(Oc2ccc(F)c(C)c2)nc1. The standard InChI is InChI=1S/C15H15FN2O2/c1-3-14(19)18-11-4-7-15(17-9-11)20-12-5-6-13(16)10(2)8-12/h4-9H,3H2,1-2H3,(H,18,19). The highest BCUT2D eigenvalue weighted by Gasteiger charge is 2.04. The molecule has 0 aliphatic carbocycles. The van der Waals surface area contributed by atoms with E-state index < -0.39 is 0 Å². The van der Waals surface area contributed by atoms with Crippen LogP contribution < -0.4 is 10.1 Å². The molecule has 0 bridgehead atoms. The number of hydrogen-bond acceptors (Lipinski definition) is 3. The second-order valence-corrected chi connectivity index (χ2v) is 4.30. The minimum atomic E-state index is -0.275. The highest BCUT2D eigenvalue weighted by molar-refractivity contribution is 5.90. The molecule has 2 rings (SSSR count). The van der Waals surface area contributed by atoms with Crippen LogP contribution in [0.3, 0.4) is 0 Å². The van der Waals surface area contributed by atoms with Gasteiger partial charge < -0.3 is 10.1 Å². The van der Waals surface area contributed by atoms with E-state index >= 15 is 0 Å². The van der Waals surface area contributed by atoms with Crippen molar-refractivity contribution < 1.29 is 13.9 Å². The molecule has 2 aromatic rings. The second-order valence-electron chi connectivity index (χ2n) is 4.30. The van der Waals surface area contributed by atoms with E-state index in [-0.39, 0.29) is 11.7 Å². The van der Waals surface area contributed by atoms with E-state index in [1.807, 2.05) is 0 Å². The summed E-state index contributed by atoms with van der Waals surface area (Å²) in [7, 11) is 0. The number of carbonyl (C=O) groups excluding carboxylic acids is 1. The molecule has 1 aromatic carbocycles. The fourth-order valence-electron chi connectivity index (χ4n) is 1.57. The van der Waals surface area contributed by atoms with E-state index in [0.717, 1.165) is 0 Å². The number of nitrogens with zero attached hydrogens (tertiary/aromatic N) is 1. The van der Waals surface area contributed by atoms with Crippen molar-refractivity contribution in [3.8, 4) is 11.6 Å². The largest absolute Gasteiger partial charge is 0.439 e. The maximum atomic E-state index is 13.1. The number of carbonyl (C=O) groups is 1. The molecule has 4 nitrogen and oxygen atoms in total. The molecule has 5 heteroatoms. The van der Waals surface area contributed by atoms with Gasteiger partial charge >= 0.3 is 0 Å². The Morgan fingerprint density at radius 3 is 2.75 bits per heavy atom. The van der Waals surface area contributed by atoms with Crippen LogP contribution >= 0.6 is 0 Å². The Bertz CT molecular complexity index is 612.